The van der Waals surface area contributed by atoms with Crippen LogP contribution < -0.4 is 10.2 Å². The average Bonchev–Trinajstić information content (AvgIpc) is 2.73. The van der Waals surface area contributed by atoms with Gasteiger partial charge >= 0.3 is 12.0 Å². The zero-order chi connectivity index (χ0) is 14.9. The number of nitrogens with one attached hydrogen (secondary N) is 1. The van der Waals surface area contributed by atoms with Gasteiger partial charge in [-0.05, 0) is 30.5 Å². The minimum atomic E-state index is -1.05. The number of amides is 3. The summed E-state index contributed by atoms with van der Waals surface area (Å²) in [5.41, 5.74) is 0.475. The molecule has 1 aliphatic rings. The van der Waals surface area contributed by atoms with Gasteiger partial charge in [-0.15, -0.1) is 0 Å². The first kappa shape index (κ1) is 14.4. The molecule has 2 rings (SSSR count). The lowest BCUT2D eigenvalue weighted by Gasteiger charge is -2.15. The number of anilines is 1. The van der Waals surface area contributed by atoms with Crippen LogP contribution in [0.3, 0.4) is 0 Å². The Morgan fingerprint density at radius 2 is 1.95 bits per heavy atom. The molecule has 1 fully saturated rings. The molecule has 0 spiro atoms. The summed E-state index contributed by atoms with van der Waals surface area (Å²) in [6.07, 6.45) is 1.87. The van der Waals surface area contributed by atoms with Crippen molar-refractivity contribution in [2.75, 3.05) is 11.2 Å². The van der Waals surface area contributed by atoms with Crippen LogP contribution in [-0.4, -0.2) is 40.6 Å². The van der Waals surface area contributed by atoms with E-state index in [0.717, 1.165) is 4.90 Å². The molecule has 2 atom stereocenters. The van der Waals surface area contributed by atoms with E-state index in [-0.39, 0.29) is 16.7 Å². The first-order valence-corrected chi connectivity index (χ1v) is 7.25. The monoisotopic (exact) mass is 294 g/mol. The van der Waals surface area contributed by atoms with Crippen molar-refractivity contribution in [3.8, 4) is 0 Å². The summed E-state index contributed by atoms with van der Waals surface area (Å²) >= 11 is 1.49. The molecular formula is C13H14N2O4S. The van der Waals surface area contributed by atoms with Crippen LogP contribution in [0.5, 0.6) is 0 Å². The number of hydrogen-bond donors (Lipinski definition) is 2. The van der Waals surface area contributed by atoms with Crippen LogP contribution in [0.2, 0.25) is 0 Å². The lowest BCUT2D eigenvalue weighted by atomic mass is 10.2. The molecule has 1 aromatic rings. The number of thioether (sulfide) groups is 1. The summed E-state index contributed by atoms with van der Waals surface area (Å²) in [6.45, 7) is 1.87. The van der Waals surface area contributed by atoms with Gasteiger partial charge in [-0.2, -0.15) is 11.8 Å². The van der Waals surface area contributed by atoms with Crippen molar-refractivity contribution in [2.45, 2.75) is 18.2 Å². The van der Waals surface area contributed by atoms with Crippen LogP contribution in [0.15, 0.2) is 24.3 Å². The van der Waals surface area contributed by atoms with Gasteiger partial charge in [0.25, 0.3) is 5.91 Å². The highest BCUT2D eigenvalue weighted by Crippen LogP contribution is 2.24. The largest absolute Gasteiger partial charge is 0.478 e. The van der Waals surface area contributed by atoms with Crippen LogP contribution in [0, 0.1) is 0 Å². The lowest BCUT2D eigenvalue weighted by Crippen LogP contribution is -2.37. The molecule has 0 aliphatic carbocycles. The summed E-state index contributed by atoms with van der Waals surface area (Å²) in [6, 6.07) is 4.59. The minimum absolute atomic E-state index is 0.0326. The van der Waals surface area contributed by atoms with Crippen molar-refractivity contribution in [3.63, 3.8) is 0 Å². The van der Waals surface area contributed by atoms with Crippen LogP contribution in [0.25, 0.3) is 0 Å². The number of carbonyl (C=O) groups excluding carboxylic acids is 2. The highest BCUT2D eigenvalue weighted by molar-refractivity contribution is 7.99. The quantitative estimate of drug-likeness (QED) is 0.823. The molecule has 1 heterocycles. The van der Waals surface area contributed by atoms with E-state index in [9.17, 15) is 14.4 Å². The van der Waals surface area contributed by atoms with Gasteiger partial charge in [0, 0.05) is 5.25 Å². The number of hydrogen-bond acceptors (Lipinski definition) is 4. The van der Waals surface area contributed by atoms with E-state index < -0.39 is 18.0 Å². The van der Waals surface area contributed by atoms with Crippen LogP contribution in [0.4, 0.5) is 10.5 Å². The van der Waals surface area contributed by atoms with Crippen molar-refractivity contribution in [2.24, 2.45) is 0 Å². The fourth-order valence-corrected chi connectivity index (χ4v) is 2.41. The fourth-order valence-electron chi connectivity index (χ4n) is 1.95. The number of imide groups is 1. The molecule has 1 aliphatic heterocycles. The Labute approximate surface area is 120 Å². The number of carboxylic acid groups (broad SMARTS) is 1. The molecule has 0 bridgehead atoms. The molecule has 6 nitrogen and oxygen atoms in total. The molecule has 0 aromatic heterocycles. The van der Waals surface area contributed by atoms with Gasteiger partial charge in [0.2, 0.25) is 0 Å². The third-order valence-corrected chi connectivity index (χ3v) is 4.20. The maximum atomic E-state index is 12.2. The van der Waals surface area contributed by atoms with Crippen molar-refractivity contribution in [1.29, 1.82) is 0 Å². The Kier molecular flexibility index (Phi) is 3.99. The molecular weight excluding hydrogens is 280 g/mol. The first-order chi connectivity index (χ1) is 9.45. The Bertz CT molecular complexity index is 558. The van der Waals surface area contributed by atoms with Crippen molar-refractivity contribution in [1.82, 2.24) is 5.32 Å². The zero-order valence-electron chi connectivity index (χ0n) is 11.0. The Morgan fingerprint density at radius 1 is 1.35 bits per heavy atom. The van der Waals surface area contributed by atoms with E-state index in [4.69, 9.17) is 5.11 Å². The predicted octanol–water partition coefficient (Wildman–Crippen LogP) is 1.56. The maximum absolute atomic E-state index is 12.2. The Balaban J connectivity index is 2.26. The molecule has 106 valence electrons. The molecule has 2 unspecified atom stereocenters. The number of nitrogens with zero attached hydrogens (tertiary/aromatic N) is 1. The number of urea groups is 1. The van der Waals surface area contributed by atoms with Gasteiger partial charge in [-0.1, -0.05) is 6.92 Å². The van der Waals surface area contributed by atoms with Gasteiger partial charge in [0.05, 0.1) is 11.3 Å². The first-order valence-electron chi connectivity index (χ1n) is 5.96. The molecule has 2 N–H and O–H groups in total. The summed E-state index contributed by atoms with van der Waals surface area (Å²) in [5, 5.41) is 11.4. The Morgan fingerprint density at radius 3 is 2.45 bits per heavy atom. The van der Waals surface area contributed by atoms with Crippen molar-refractivity contribution < 1.29 is 19.5 Å². The van der Waals surface area contributed by atoms with E-state index in [1.54, 1.807) is 0 Å². The predicted molar refractivity (Wildman–Crippen MR) is 76.2 cm³/mol. The van der Waals surface area contributed by atoms with Gasteiger partial charge in [-0.25, -0.2) is 14.5 Å². The lowest BCUT2D eigenvalue weighted by molar-refractivity contribution is -0.118. The number of aromatic carboxylic acids is 1. The molecule has 3 amide bonds. The molecule has 1 aromatic carbocycles. The van der Waals surface area contributed by atoms with E-state index in [1.165, 1.54) is 36.0 Å². The number of carboxylic acids is 1. The average molecular weight is 294 g/mol. The molecule has 0 saturated carbocycles. The SMILES string of the molecule is CSC(C)C1NC(=O)N(c2ccc(C(=O)O)cc2)C1=O. The van der Waals surface area contributed by atoms with Crippen LogP contribution in [-0.2, 0) is 4.79 Å². The van der Waals surface area contributed by atoms with Crippen LogP contribution in [0.1, 0.15) is 17.3 Å². The third kappa shape index (κ3) is 2.49. The number of carbonyl (C=O) groups is 3. The molecule has 7 heteroatoms. The zero-order valence-corrected chi connectivity index (χ0v) is 11.8. The molecule has 20 heavy (non-hydrogen) atoms. The number of benzene rings is 1. The van der Waals surface area contributed by atoms with E-state index in [1.807, 2.05) is 13.2 Å². The van der Waals surface area contributed by atoms with Gasteiger partial charge < -0.3 is 10.4 Å². The van der Waals surface area contributed by atoms with E-state index >= 15 is 0 Å². The minimum Gasteiger partial charge on any atom is -0.478 e. The standard InChI is InChI=1S/C13H14N2O4S/c1-7(20-2)10-11(16)15(13(19)14-10)9-5-3-8(4-6-9)12(17)18/h3-7,10H,1-2H3,(H,14,19)(H,17,18). The van der Waals surface area contributed by atoms with E-state index in [0.29, 0.717) is 5.69 Å². The van der Waals surface area contributed by atoms with E-state index in [2.05, 4.69) is 5.32 Å². The maximum Gasteiger partial charge on any atom is 0.335 e. The second kappa shape index (κ2) is 5.54. The summed E-state index contributed by atoms with van der Waals surface area (Å²) < 4.78 is 0. The molecule has 0 radical (unpaired) electrons. The normalized spacial score (nSPS) is 19.9. The van der Waals surface area contributed by atoms with Crippen LogP contribution >= 0.6 is 11.8 Å². The summed E-state index contributed by atoms with van der Waals surface area (Å²) in [7, 11) is 0. The number of rotatable bonds is 4. The highest BCUT2D eigenvalue weighted by atomic mass is 32.2. The second-order valence-electron chi connectivity index (χ2n) is 4.39. The van der Waals surface area contributed by atoms with Gasteiger partial charge in [0.1, 0.15) is 6.04 Å². The summed E-state index contributed by atoms with van der Waals surface area (Å²) in [5.74, 6) is -1.37. The van der Waals surface area contributed by atoms with Crippen molar-refractivity contribution in [3.05, 3.63) is 29.8 Å². The van der Waals surface area contributed by atoms with Crippen molar-refractivity contribution >= 4 is 35.4 Å². The second-order valence-corrected chi connectivity index (χ2v) is 5.61. The third-order valence-electron chi connectivity index (χ3n) is 3.18. The van der Waals surface area contributed by atoms with Gasteiger partial charge in [0.15, 0.2) is 0 Å². The summed E-state index contributed by atoms with van der Waals surface area (Å²) in [4.78, 5) is 36.0. The fraction of sp³-hybridized carbons (Fsp3) is 0.308. The van der Waals surface area contributed by atoms with Gasteiger partial charge in [-0.3, -0.25) is 4.79 Å². The highest BCUT2D eigenvalue weighted by Gasteiger charge is 2.41. The Hall–Kier alpha value is -2.02. The smallest absolute Gasteiger partial charge is 0.335 e. The topological polar surface area (TPSA) is 86.7 Å². The molecule has 1 saturated heterocycles.